The van der Waals surface area contributed by atoms with Gasteiger partial charge in [-0.2, -0.15) is 0 Å². The number of ether oxygens (including phenoxy) is 2. The van der Waals surface area contributed by atoms with Crippen molar-refractivity contribution in [3.05, 3.63) is 66.2 Å². The predicted octanol–water partition coefficient (Wildman–Crippen LogP) is 3.22. The molecule has 25 heavy (non-hydrogen) atoms. The number of aliphatic hydroxyl groups excluding tert-OH is 1. The fourth-order valence-corrected chi connectivity index (χ4v) is 3.07. The molecule has 132 valence electrons. The maximum absolute atomic E-state index is 10.3. The van der Waals surface area contributed by atoms with Crippen LogP contribution >= 0.6 is 0 Å². The van der Waals surface area contributed by atoms with Gasteiger partial charge in [0.05, 0.1) is 7.11 Å². The van der Waals surface area contributed by atoms with Crippen LogP contribution in [0.3, 0.4) is 0 Å². The number of rotatable bonds is 7. The quantitative estimate of drug-likeness (QED) is 0.841. The van der Waals surface area contributed by atoms with E-state index in [2.05, 4.69) is 35.2 Å². The Hall–Kier alpha value is -2.30. The van der Waals surface area contributed by atoms with Gasteiger partial charge < -0.3 is 14.6 Å². The summed E-state index contributed by atoms with van der Waals surface area (Å²) in [7, 11) is 1.61. The SMILES string of the molecule is COc1ccccc1OCC(O)CN1CC=C(c2ccccc2)CC1. The van der Waals surface area contributed by atoms with Crippen LogP contribution in [-0.2, 0) is 0 Å². The summed E-state index contributed by atoms with van der Waals surface area (Å²) in [5, 5.41) is 10.3. The van der Waals surface area contributed by atoms with Crippen molar-refractivity contribution in [2.75, 3.05) is 33.4 Å². The Morgan fingerprint density at radius 2 is 1.76 bits per heavy atom. The van der Waals surface area contributed by atoms with Crippen molar-refractivity contribution in [3.63, 3.8) is 0 Å². The molecule has 1 aliphatic rings. The fourth-order valence-electron chi connectivity index (χ4n) is 3.07. The molecule has 0 saturated carbocycles. The Bertz CT molecular complexity index is 699. The van der Waals surface area contributed by atoms with Crippen molar-refractivity contribution in [2.45, 2.75) is 12.5 Å². The van der Waals surface area contributed by atoms with E-state index in [0.717, 1.165) is 19.5 Å². The molecule has 0 radical (unpaired) electrons. The van der Waals surface area contributed by atoms with Crippen molar-refractivity contribution >= 4 is 5.57 Å². The molecule has 0 spiro atoms. The molecule has 2 aromatic rings. The lowest BCUT2D eigenvalue weighted by molar-refractivity contribution is 0.0706. The van der Waals surface area contributed by atoms with Crippen LogP contribution in [0.1, 0.15) is 12.0 Å². The second-order valence-corrected chi connectivity index (χ2v) is 6.22. The highest BCUT2D eigenvalue weighted by Crippen LogP contribution is 2.26. The third-order valence-corrected chi connectivity index (χ3v) is 4.41. The van der Waals surface area contributed by atoms with Gasteiger partial charge >= 0.3 is 0 Å². The van der Waals surface area contributed by atoms with Gasteiger partial charge in [-0.25, -0.2) is 0 Å². The summed E-state index contributed by atoms with van der Waals surface area (Å²) in [6.07, 6.45) is 2.73. The third-order valence-electron chi connectivity index (χ3n) is 4.41. The molecule has 1 heterocycles. The molecule has 0 bridgehead atoms. The van der Waals surface area contributed by atoms with Gasteiger partial charge in [0.1, 0.15) is 12.7 Å². The van der Waals surface area contributed by atoms with Crippen molar-refractivity contribution in [1.82, 2.24) is 4.90 Å². The number of aliphatic hydroxyl groups is 1. The fraction of sp³-hybridized carbons (Fsp3) is 0.333. The zero-order valence-electron chi connectivity index (χ0n) is 14.6. The van der Waals surface area contributed by atoms with E-state index in [1.807, 2.05) is 30.3 Å². The molecule has 1 atom stereocenters. The van der Waals surface area contributed by atoms with Crippen molar-refractivity contribution < 1.29 is 14.6 Å². The van der Waals surface area contributed by atoms with Crippen LogP contribution < -0.4 is 9.47 Å². The summed E-state index contributed by atoms with van der Waals surface area (Å²) >= 11 is 0. The lowest BCUT2D eigenvalue weighted by atomic mass is 9.99. The van der Waals surface area contributed by atoms with E-state index >= 15 is 0 Å². The van der Waals surface area contributed by atoms with Crippen molar-refractivity contribution in [3.8, 4) is 11.5 Å². The molecular weight excluding hydrogens is 314 g/mol. The first-order chi connectivity index (χ1) is 12.3. The normalized spacial score (nSPS) is 16.2. The number of β-amino-alcohol motifs (C(OH)–C–C–N with tert-alkyl or cyclic N) is 1. The number of hydrogen-bond donors (Lipinski definition) is 1. The molecule has 1 aliphatic heterocycles. The smallest absolute Gasteiger partial charge is 0.161 e. The molecule has 0 saturated heterocycles. The zero-order valence-corrected chi connectivity index (χ0v) is 14.6. The summed E-state index contributed by atoms with van der Waals surface area (Å²) in [6.45, 7) is 2.67. The highest BCUT2D eigenvalue weighted by Gasteiger charge is 2.17. The van der Waals surface area contributed by atoms with Crippen molar-refractivity contribution in [2.24, 2.45) is 0 Å². The van der Waals surface area contributed by atoms with Crippen LogP contribution in [0.4, 0.5) is 0 Å². The lowest BCUT2D eigenvalue weighted by Crippen LogP contribution is -2.38. The van der Waals surface area contributed by atoms with Gasteiger partial charge in [0.2, 0.25) is 0 Å². The van der Waals surface area contributed by atoms with E-state index in [0.29, 0.717) is 18.0 Å². The number of nitrogens with zero attached hydrogens (tertiary/aromatic N) is 1. The maximum atomic E-state index is 10.3. The molecule has 0 aliphatic carbocycles. The van der Waals surface area contributed by atoms with E-state index in [4.69, 9.17) is 9.47 Å². The molecule has 4 heteroatoms. The standard InChI is InChI=1S/C21H25NO3/c1-24-20-9-5-6-10-21(20)25-16-19(23)15-22-13-11-18(12-14-22)17-7-3-2-4-8-17/h2-11,19,23H,12-16H2,1H3. The number of hydrogen-bond acceptors (Lipinski definition) is 4. The van der Waals surface area contributed by atoms with E-state index < -0.39 is 6.10 Å². The summed E-state index contributed by atoms with van der Waals surface area (Å²) in [4.78, 5) is 2.25. The Kier molecular flexibility index (Phi) is 6.09. The maximum Gasteiger partial charge on any atom is 0.161 e. The minimum Gasteiger partial charge on any atom is -0.493 e. The molecule has 4 nitrogen and oxygen atoms in total. The van der Waals surface area contributed by atoms with Gasteiger partial charge in [-0.05, 0) is 29.7 Å². The summed E-state index contributed by atoms with van der Waals surface area (Å²) in [5.41, 5.74) is 2.68. The predicted molar refractivity (Wildman–Crippen MR) is 100.0 cm³/mol. The summed E-state index contributed by atoms with van der Waals surface area (Å²) < 4.78 is 11.0. The minimum absolute atomic E-state index is 0.256. The highest BCUT2D eigenvalue weighted by atomic mass is 16.5. The van der Waals surface area contributed by atoms with Gasteiger partial charge in [0.15, 0.2) is 11.5 Å². The molecule has 2 aromatic carbocycles. The molecule has 0 aromatic heterocycles. The van der Waals surface area contributed by atoms with E-state index in [9.17, 15) is 5.11 Å². The van der Waals surface area contributed by atoms with Crippen LogP contribution in [0.2, 0.25) is 0 Å². The molecule has 3 rings (SSSR count). The average molecular weight is 339 g/mol. The second kappa shape index (κ2) is 8.70. The Balaban J connectivity index is 1.48. The van der Waals surface area contributed by atoms with Gasteiger partial charge in [-0.15, -0.1) is 0 Å². The third kappa shape index (κ3) is 4.84. The molecule has 1 unspecified atom stereocenters. The van der Waals surface area contributed by atoms with Gasteiger partial charge in [-0.3, -0.25) is 4.90 Å². The minimum atomic E-state index is -0.531. The molecule has 1 N–H and O–H groups in total. The highest BCUT2D eigenvalue weighted by molar-refractivity contribution is 5.66. The van der Waals surface area contributed by atoms with Crippen molar-refractivity contribution in [1.29, 1.82) is 0 Å². The molecular formula is C21H25NO3. The van der Waals surface area contributed by atoms with Crippen LogP contribution in [0, 0.1) is 0 Å². The lowest BCUT2D eigenvalue weighted by Gasteiger charge is -2.28. The first-order valence-corrected chi connectivity index (χ1v) is 8.67. The molecule has 0 amide bonds. The average Bonchev–Trinajstić information content (AvgIpc) is 2.68. The first kappa shape index (κ1) is 17.5. The van der Waals surface area contributed by atoms with E-state index in [1.165, 1.54) is 11.1 Å². The van der Waals surface area contributed by atoms with Crippen LogP contribution in [0.25, 0.3) is 5.57 Å². The largest absolute Gasteiger partial charge is 0.493 e. The number of methoxy groups -OCH3 is 1. The van der Waals surface area contributed by atoms with Crippen LogP contribution in [0.15, 0.2) is 60.7 Å². The van der Waals surface area contributed by atoms with E-state index in [-0.39, 0.29) is 6.61 Å². The monoisotopic (exact) mass is 339 g/mol. The molecule has 0 fully saturated rings. The van der Waals surface area contributed by atoms with Gasteiger partial charge in [0.25, 0.3) is 0 Å². The van der Waals surface area contributed by atoms with E-state index in [1.54, 1.807) is 7.11 Å². The van der Waals surface area contributed by atoms with Gasteiger partial charge in [0, 0.05) is 19.6 Å². The first-order valence-electron chi connectivity index (χ1n) is 8.67. The second-order valence-electron chi connectivity index (χ2n) is 6.22. The van der Waals surface area contributed by atoms with Gasteiger partial charge in [-0.1, -0.05) is 48.5 Å². The zero-order chi connectivity index (χ0) is 17.5. The number of benzene rings is 2. The van der Waals surface area contributed by atoms with Crippen LogP contribution in [-0.4, -0.2) is 49.5 Å². The Morgan fingerprint density at radius 1 is 1.04 bits per heavy atom. The Labute approximate surface area is 149 Å². The summed E-state index contributed by atoms with van der Waals surface area (Å²) in [6, 6.07) is 18.0. The topological polar surface area (TPSA) is 41.9 Å². The van der Waals surface area contributed by atoms with Crippen LogP contribution in [0.5, 0.6) is 11.5 Å². The summed E-state index contributed by atoms with van der Waals surface area (Å²) in [5.74, 6) is 1.34. The number of para-hydroxylation sites is 2. The Morgan fingerprint density at radius 3 is 2.44 bits per heavy atom.